The van der Waals surface area contributed by atoms with E-state index < -0.39 is 5.82 Å². The van der Waals surface area contributed by atoms with Gasteiger partial charge in [-0.25, -0.2) is 4.39 Å². The van der Waals surface area contributed by atoms with Crippen LogP contribution in [0.3, 0.4) is 0 Å². The summed E-state index contributed by atoms with van der Waals surface area (Å²) >= 11 is 0. The van der Waals surface area contributed by atoms with Gasteiger partial charge in [0.15, 0.2) is 11.6 Å². The smallest absolute Gasteiger partial charge is 0.240 e. The summed E-state index contributed by atoms with van der Waals surface area (Å²) in [6, 6.07) is 4.36. The van der Waals surface area contributed by atoms with E-state index >= 15 is 0 Å². The number of hydrogen-bond acceptors (Lipinski definition) is 3. The van der Waals surface area contributed by atoms with E-state index in [1.54, 1.807) is 20.0 Å². The third kappa shape index (κ3) is 2.70. The van der Waals surface area contributed by atoms with Crippen LogP contribution in [0.5, 0.6) is 5.75 Å². The molecule has 0 aliphatic carbocycles. The molecule has 2 N–H and O–H groups in total. The molecule has 1 aromatic carbocycles. The standard InChI is InChI=1S/C11H15FN2O2/c1-3-16-10-5-4-8(6-9(10)12)14(2)11(15)7-13/h4-6H,3,7,13H2,1-2H3. The van der Waals surface area contributed by atoms with Crippen molar-refractivity contribution >= 4 is 11.6 Å². The molecule has 0 saturated carbocycles. The number of benzene rings is 1. The molecule has 0 fully saturated rings. The molecule has 0 saturated heterocycles. The molecule has 0 aliphatic rings. The van der Waals surface area contributed by atoms with Crippen LogP contribution in [0, 0.1) is 5.82 Å². The molecule has 88 valence electrons. The Morgan fingerprint density at radius 2 is 2.25 bits per heavy atom. The van der Waals surface area contributed by atoms with E-state index in [0.717, 1.165) is 0 Å². The van der Waals surface area contributed by atoms with E-state index in [9.17, 15) is 9.18 Å². The Bertz CT molecular complexity index is 382. The fourth-order valence-electron chi connectivity index (χ4n) is 1.25. The molecular weight excluding hydrogens is 211 g/mol. The first kappa shape index (κ1) is 12.4. The predicted molar refractivity (Wildman–Crippen MR) is 60.0 cm³/mol. The van der Waals surface area contributed by atoms with Crippen LogP contribution in [0.15, 0.2) is 18.2 Å². The molecule has 1 aromatic rings. The van der Waals surface area contributed by atoms with Crippen LogP contribution in [-0.4, -0.2) is 26.1 Å². The molecule has 1 amide bonds. The maximum absolute atomic E-state index is 13.5. The van der Waals surface area contributed by atoms with Crippen molar-refractivity contribution in [2.75, 3.05) is 25.1 Å². The molecule has 0 heterocycles. The molecule has 5 heteroatoms. The number of nitrogens with two attached hydrogens (primary N) is 1. The number of anilines is 1. The topological polar surface area (TPSA) is 55.6 Å². The van der Waals surface area contributed by atoms with Crippen LogP contribution < -0.4 is 15.4 Å². The summed E-state index contributed by atoms with van der Waals surface area (Å²) in [5.74, 6) is -0.584. The number of hydrogen-bond donors (Lipinski definition) is 1. The molecule has 4 nitrogen and oxygen atoms in total. The maximum atomic E-state index is 13.5. The lowest BCUT2D eigenvalue weighted by atomic mass is 10.2. The Kier molecular flexibility index (Phi) is 4.25. The lowest BCUT2D eigenvalue weighted by Crippen LogP contribution is -2.32. The van der Waals surface area contributed by atoms with Gasteiger partial charge in [0.1, 0.15) is 0 Å². The number of amides is 1. The minimum Gasteiger partial charge on any atom is -0.491 e. The summed E-state index contributed by atoms with van der Waals surface area (Å²) in [7, 11) is 1.55. The average molecular weight is 226 g/mol. The Morgan fingerprint density at radius 3 is 2.75 bits per heavy atom. The van der Waals surface area contributed by atoms with Crippen molar-refractivity contribution in [3.8, 4) is 5.75 Å². The fourth-order valence-corrected chi connectivity index (χ4v) is 1.25. The third-order valence-corrected chi connectivity index (χ3v) is 2.15. The van der Waals surface area contributed by atoms with Gasteiger partial charge >= 0.3 is 0 Å². The Hall–Kier alpha value is -1.62. The highest BCUT2D eigenvalue weighted by Gasteiger charge is 2.11. The first-order valence-corrected chi connectivity index (χ1v) is 4.99. The Morgan fingerprint density at radius 1 is 1.56 bits per heavy atom. The molecule has 0 aliphatic heterocycles. The SMILES string of the molecule is CCOc1ccc(N(C)C(=O)CN)cc1F. The number of carbonyl (C=O) groups is 1. The second-order valence-corrected chi connectivity index (χ2v) is 3.20. The lowest BCUT2D eigenvalue weighted by molar-refractivity contribution is -0.117. The summed E-state index contributed by atoms with van der Waals surface area (Å²) in [5.41, 5.74) is 5.67. The highest BCUT2D eigenvalue weighted by Crippen LogP contribution is 2.23. The molecule has 16 heavy (non-hydrogen) atoms. The molecule has 0 spiro atoms. The van der Waals surface area contributed by atoms with Crippen molar-refractivity contribution in [3.05, 3.63) is 24.0 Å². The minimum atomic E-state index is -0.490. The van der Waals surface area contributed by atoms with Crippen LogP contribution in [0.4, 0.5) is 10.1 Å². The lowest BCUT2D eigenvalue weighted by Gasteiger charge is -2.17. The van der Waals surface area contributed by atoms with Crippen LogP contribution in [0.2, 0.25) is 0 Å². The van der Waals surface area contributed by atoms with E-state index in [4.69, 9.17) is 10.5 Å². The van der Waals surface area contributed by atoms with Gasteiger partial charge in [-0.2, -0.15) is 0 Å². The molecule has 0 aromatic heterocycles. The monoisotopic (exact) mass is 226 g/mol. The number of ether oxygens (including phenoxy) is 1. The second-order valence-electron chi connectivity index (χ2n) is 3.20. The van der Waals surface area contributed by atoms with Crippen molar-refractivity contribution in [2.45, 2.75) is 6.92 Å². The van der Waals surface area contributed by atoms with E-state index in [-0.39, 0.29) is 18.2 Å². The van der Waals surface area contributed by atoms with Crippen molar-refractivity contribution in [1.29, 1.82) is 0 Å². The minimum absolute atomic E-state index is 0.106. The van der Waals surface area contributed by atoms with Gasteiger partial charge in [-0.15, -0.1) is 0 Å². The van der Waals surface area contributed by atoms with Gasteiger partial charge in [-0.05, 0) is 19.1 Å². The Labute approximate surface area is 93.8 Å². The van der Waals surface area contributed by atoms with E-state index in [1.807, 2.05) is 0 Å². The summed E-state index contributed by atoms with van der Waals surface area (Å²) < 4.78 is 18.5. The molecule has 0 radical (unpaired) electrons. The molecular formula is C11H15FN2O2. The van der Waals surface area contributed by atoms with Gasteiger partial charge in [0.25, 0.3) is 0 Å². The highest BCUT2D eigenvalue weighted by atomic mass is 19.1. The molecule has 1 rings (SSSR count). The quantitative estimate of drug-likeness (QED) is 0.837. The molecule has 0 bridgehead atoms. The number of halogens is 1. The number of carbonyl (C=O) groups excluding carboxylic acids is 1. The summed E-state index contributed by atoms with van der Waals surface area (Å²) in [6.45, 7) is 2.07. The van der Waals surface area contributed by atoms with Crippen molar-refractivity contribution in [1.82, 2.24) is 0 Å². The van der Waals surface area contributed by atoms with Crippen LogP contribution in [-0.2, 0) is 4.79 Å². The normalized spacial score (nSPS) is 10.0. The number of likely N-dealkylation sites (N-methyl/N-ethyl adjacent to an activating group) is 1. The van der Waals surface area contributed by atoms with E-state index in [1.165, 1.54) is 17.0 Å². The largest absolute Gasteiger partial charge is 0.491 e. The van der Waals surface area contributed by atoms with Crippen LogP contribution >= 0.6 is 0 Å². The van der Waals surface area contributed by atoms with E-state index in [2.05, 4.69) is 0 Å². The van der Waals surface area contributed by atoms with Gasteiger partial charge in [0, 0.05) is 18.8 Å². The van der Waals surface area contributed by atoms with Crippen molar-refractivity contribution in [3.63, 3.8) is 0 Å². The van der Waals surface area contributed by atoms with E-state index in [0.29, 0.717) is 12.3 Å². The van der Waals surface area contributed by atoms with Crippen LogP contribution in [0.1, 0.15) is 6.92 Å². The Balaban J connectivity index is 2.92. The summed E-state index contributed by atoms with van der Waals surface area (Å²) in [4.78, 5) is 12.6. The first-order chi connectivity index (χ1) is 7.60. The summed E-state index contributed by atoms with van der Waals surface area (Å²) in [5, 5.41) is 0. The maximum Gasteiger partial charge on any atom is 0.240 e. The van der Waals surface area contributed by atoms with Gasteiger partial charge in [0.2, 0.25) is 5.91 Å². The van der Waals surface area contributed by atoms with Crippen LogP contribution in [0.25, 0.3) is 0 Å². The van der Waals surface area contributed by atoms with Gasteiger partial charge in [-0.3, -0.25) is 4.79 Å². The van der Waals surface area contributed by atoms with Crippen molar-refractivity contribution < 1.29 is 13.9 Å². The third-order valence-electron chi connectivity index (χ3n) is 2.15. The summed E-state index contributed by atoms with van der Waals surface area (Å²) in [6.07, 6.45) is 0. The molecule has 0 atom stereocenters. The van der Waals surface area contributed by atoms with Crippen molar-refractivity contribution in [2.24, 2.45) is 5.73 Å². The zero-order valence-electron chi connectivity index (χ0n) is 9.37. The van der Waals surface area contributed by atoms with Gasteiger partial charge in [0.05, 0.1) is 13.2 Å². The number of rotatable bonds is 4. The highest BCUT2D eigenvalue weighted by molar-refractivity contribution is 5.94. The predicted octanol–water partition coefficient (Wildman–Crippen LogP) is 1.15. The second kappa shape index (κ2) is 5.46. The van der Waals surface area contributed by atoms with Gasteiger partial charge in [-0.1, -0.05) is 0 Å². The average Bonchev–Trinajstić information content (AvgIpc) is 2.30. The zero-order chi connectivity index (χ0) is 12.1. The zero-order valence-corrected chi connectivity index (χ0v) is 9.37. The first-order valence-electron chi connectivity index (χ1n) is 4.99. The number of nitrogens with zero attached hydrogens (tertiary/aromatic N) is 1. The molecule has 0 unspecified atom stereocenters. The van der Waals surface area contributed by atoms with Gasteiger partial charge < -0.3 is 15.4 Å². The fraction of sp³-hybridized carbons (Fsp3) is 0.364.